The molecule has 6 heteroatoms. The minimum Gasteiger partial charge on any atom is -0.505 e. The first-order valence-electron chi connectivity index (χ1n) is 2.70. The van der Waals surface area contributed by atoms with E-state index in [0.29, 0.717) is 17.9 Å². The summed E-state index contributed by atoms with van der Waals surface area (Å²) in [5, 5.41) is 18.9. The van der Waals surface area contributed by atoms with Crippen molar-refractivity contribution in [1.29, 1.82) is 0 Å². The Morgan fingerprint density at radius 3 is 0.917 bits per heavy atom. The van der Waals surface area contributed by atoms with Crippen molar-refractivity contribution in [1.82, 2.24) is 0 Å². The van der Waals surface area contributed by atoms with E-state index >= 15 is 0 Å². The van der Waals surface area contributed by atoms with E-state index in [1.54, 1.807) is 0 Å². The number of hydrogen-bond acceptors (Lipinski definition) is 2. The van der Waals surface area contributed by atoms with Crippen molar-refractivity contribution < 1.29 is 10.2 Å². The maximum absolute atomic E-state index is 9.43. The first-order chi connectivity index (χ1) is 5.46. The summed E-state index contributed by atoms with van der Waals surface area (Å²) < 4.78 is 1.65. The van der Waals surface area contributed by atoms with Gasteiger partial charge in [-0.15, -0.1) is 0 Å². The van der Waals surface area contributed by atoms with Crippen molar-refractivity contribution in [3.05, 3.63) is 17.9 Å². The van der Waals surface area contributed by atoms with Crippen LogP contribution in [0.3, 0.4) is 0 Å². The average Bonchev–Trinajstić information content (AvgIpc) is 2.08. The maximum Gasteiger partial charge on any atom is 0.146 e. The predicted molar refractivity (Wildman–Crippen MR) is 60.6 cm³/mol. The van der Waals surface area contributed by atoms with Crippen LogP contribution in [0, 0.1) is 0 Å². The number of aromatic hydroxyl groups is 2. The van der Waals surface area contributed by atoms with Gasteiger partial charge in [0.1, 0.15) is 11.5 Å². The molecular weight excluding hydrogens is 424 g/mol. The van der Waals surface area contributed by atoms with Crippen molar-refractivity contribution >= 4 is 63.7 Å². The van der Waals surface area contributed by atoms with Gasteiger partial charge in [0.05, 0.1) is 17.9 Å². The predicted octanol–water partition coefficient (Wildman–Crippen LogP) is 4.15. The summed E-state index contributed by atoms with van der Waals surface area (Å²) in [6, 6.07) is 0. The third kappa shape index (κ3) is 1.66. The Morgan fingerprint density at radius 1 is 0.583 bits per heavy atom. The van der Waals surface area contributed by atoms with Crippen molar-refractivity contribution in [3.8, 4) is 11.5 Å². The Kier molecular flexibility index (Phi) is 3.48. The third-order valence-electron chi connectivity index (χ3n) is 1.22. The largest absolute Gasteiger partial charge is 0.505 e. The molecule has 12 heavy (non-hydrogen) atoms. The summed E-state index contributed by atoms with van der Waals surface area (Å²) in [6.45, 7) is 0. The number of benzene rings is 1. The van der Waals surface area contributed by atoms with Crippen LogP contribution in [0.4, 0.5) is 0 Å². The molecule has 1 aromatic carbocycles. The van der Waals surface area contributed by atoms with E-state index < -0.39 is 0 Å². The van der Waals surface area contributed by atoms with E-state index in [-0.39, 0.29) is 11.5 Å². The molecule has 0 aliphatic heterocycles. The quantitative estimate of drug-likeness (QED) is 0.484. The summed E-state index contributed by atoms with van der Waals surface area (Å²) in [5.41, 5.74) is 0. The highest BCUT2D eigenvalue weighted by Gasteiger charge is 2.17. The summed E-state index contributed by atoms with van der Waals surface area (Å²) in [7, 11) is 0. The van der Waals surface area contributed by atoms with Gasteiger partial charge in [-0.1, -0.05) is 0 Å². The van der Waals surface area contributed by atoms with E-state index in [1.165, 1.54) is 0 Å². The van der Waals surface area contributed by atoms with Crippen molar-refractivity contribution in [2.24, 2.45) is 0 Å². The zero-order valence-electron chi connectivity index (χ0n) is 5.41. The SMILES string of the molecule is Oc1c(Br)c(Br)c(O)c(Br)c1Br. The lowest BCUT2D eigenvalue weighted by Gasteiger charge is -2.07. The van der Waals surface area contributed by atoms with Gasteiger partial charge >= 0.3 is 0 Å². The second-order valence-electron chi connectivity index (χ2n) is 1.95. The summed E-state index contributed by atoms with van der Waals surface area (Å²) in [4.78, 5) is 0. The van der Waals surface area contributed by atoms with Crippen LogP contribution < -0.4 is 0 Å². The van der Waals surface area contributed by atoms with Crippen molar-refractivity contribution in [2.45, 2.75) is 0 Å². The first kappa shape index (κ1) is 10.8. The smallest absolute Gasteiger partial charge is 0.146 e. The Morgan fingerprint density at radius 2 is 0.750 bits per heavy atom. The molecule has 0 aliphatic carbocycles. The fourth-order valence-electron chi connectivity index (χ4n) is 0.609. The Hall–Kier alpha value is 0.740. The second kappa shape index (κ2) is 3.86. The van der Waals surface area contributed by atoms with Crippen LogP contribution in [0.15, 0.2) is 17.9 Å². The first-order valence-corrected chi connectivity index (χ1v) is 5.88. The van der Waals surface area contributed by atoms with Gasteiger partial charge in [0.15, 0.2) is 0 Å². The van der Waals surface area contributed by atoms with Crippen LogP contribution >= 0.6 is 63.7 Å². The van der Waals surface area contributed by atoms with Crippen LogP contribution in [0.5, 0.6) is 11.5 Å². The molecular formula is C6H2Br4O2. The third-order valence-corrected chi connectivity index (χ3v) is 5.37. The molecule has 0 saturated heterocycles. The van der Waals surface area contributed by atoms with Crippen molar-refractivity contribution in [2.75, 3.05) is 0 Å². The molecule has 0 radical (unpaired) electrons. The lowest BCUT2D eigenvalue weighted by molar-refractivity contribution is 0.448. The van der Waals surface area contributed by atoms with Crippen LogP contribution in [0.2, 0.25) is 0 Å². The summed E-state index contributed by atoms with van der Waals surface area (Å²) in [5.74, 6) is 0.0677. The van der Waals surface area contributed by atoms with Crippen LogP contribution in [0.25, 0.3) is 0 Å². The van der Waals surface area contributed by atoms with E-state index in [1.807, 2.05) is 0 Å². The molecule has 0 atom stereocenters. The highest BCUT2D eigenvalue weighted by Crippen LogP contribution is 2.48. The fraction of sp³-hybridized carbons (Fsp3) is 0. The molecule has 0 fully saturated rings. The zero-order valence-corrected chi connectivity index (χ0v) is 11.8. The van der Waals surface area contributed by atoms with E-state index in [4.69, 9.17) is 0 Å². The van der Waals surface area contributed by atoms with Gasteiger partial charge in [0, 0.05) is 0 Å². The molecule has 1 aromatic rings. The van der Waals surface area contributed by atoms with Gasteiger partial charge in [-0.05, 0) is 63.7 Å². The number of phenols is 2. The van der Waals surface area contributed by atoms with Crippen LogP contribution in [-0.2, 0) is 0 Å². The molecule has 0 spiro atoms. The van der Waals surface area contributed by atoms with E-state index in [9.17, 15) is 10.2 Å². The Labute approximate surface area is 102 Å². The molecule has 0 aliphatic rings. The Balaban J connectivity index is 3.60. The molecule has 66 valence electrons. The van der Waals surface area contributed by atoms with Gasteiger partial charge in [0.2, 0.25) is 0 Å². The average molecular weight is 426 g/mol. The van der Waals surface area contributed by atoms with E-state index in [0.717, 1.165) is 0 Å². The monoisotopic (exact) mass is 422 g/mol. The Bertz CT molecular complexity index is 232. The molecule has 0 amide bonds. The molecule has 0 bridgehead atoms. The molecule has 0 unspecified atom stereocenters. The fourth-order valence-corrected chi connectivity index (χ4v) is 2.68. The number of phenolic OH excluding ortho intramolecular Hbond substituents is 2. The number of halogens is 4. The highest BCUT2D eigenvalue weighted by atomic mass is 79.9. The molecule has 0 saturated carbocycles. The minimum absolute atomic E-state index is 0.0338. The minimum atomic E-state index is 0.0338. The van der Waals surface area contributed by atoms with Gasteiger partial charge in [-0.3, -0.25) is 0 Å². The van der Waals surface area contributed by atoms with Crippen molar-refractivity contribution in [3.63, 3.8) is 0 Å². The van der Waals surface area contributed by atoms with Gasteiger partial charge in [-0.2, -0.15) is 0 Å². The number of hydrogen-bond donors (Lipinski definition) is 2. The lowest BCUT2D eigenvalue weighted by atomic mass is 10.3. The maximum atomic E-state index is 9.43. The molecule has 1 rings (SSSR count). The van der Waals surface area contributed by atoms with Crippen LogP contribution in [-0.4, -0.2) is 10.2 Å². The lowest BCUT2D eigenvalue weighted by Crippen LogP contribution is -1.79. The van der Waals surface area contributed by atoms with Gasteiger partial charge < -0.3 is 10.2 Å². The molecule has 0 heterocycles. The topological polar surface area (TPSA) is 40.5 Å². The second-order valence-corrected chi connectivity index (χ2v) is 5.13. The normalized spacial score (nSPS) is 10.3. The zero-order chi connectivity index (χ0) is 9.46. The number of rotatable bonds is 0. The summed E-state index contributed by atoms with van der Waals surface area (Å²) in [6.07, 6.45) is 0. The molecule has 2 N–H and O–H groups in total. The highest BCUT2D eigenvalue weighted by molar-refractivity contribution is 9.14. The van der Waals surface area contributed by atoms with Crippen LogP contribution in [0.1, 0.15) is 0 Å². The standard InChI is InChI=1S/C6H2Br4O2/c7-1-2(8)6(12)4(10)3(9)5(1)11/h11-12H. The molecule has 2 nitrogen and oxygen atoms in total. The van der Waals surface area contributed by atoms with Gasteiger partial charge in [0.25, 0.3) is 0 Å². The summed E-state index contributed by atoms with van der Waals surface area (Å²) >= 11 is 12.4. The molecule has 0 aromatic heterocycles. The van der Waals surface area contributed by atoms with Gasteiger partial charge in [-0.25, -0.2) is 0 Å². The van der Waals surface area contributed by atoms with E-state index in [2.05, 4.69) is 63.7 Å².